The Bertz CT molecular complexity index is 1410. The van der Waals surface area contributed by atoms with Crippen molar-refractivity contribution in [3.05, 3.63) is 80.5 Å². The van der Waals surface area contributed by atoms with Crippen LogP contribution in [0, 0.1) is 0 Å². The SMILES string of the molecule is CCOC(=O)C(N=Nc1ccc(Cl)cc1)=C(O)c1nn2c(cc(=O)c3ccccc32)s1. The minimum absolute atomic E-state index is 0.0881. The van der Waals surface area contributed by atoms with Gasteiger partial charge >= 0.3 is 5.97 Å². The highest BCUT2D eigenvalue weighted by molar-refractivity contribution is 7.18. The molecule has 0 fully saturated rings. The number of pyridine rings is 1. The number of esters is 1. The molecule has 0 unspecified atom stereocenters. The van der Waals surface area contributed by atoms with Gasteiger partial charge in [0.2, 0.25) is 5.70 Å². The summed E-state index contributed by atoms with van der Waals surface area (Å²) < 4.78 is 6.54. The van der Waals surface area contributed by atoms with Crippen molar-refractivity contribution in [3.63, 3.8) is 0 Å². The van der Waals surface area contributed by atoms with Crippen LogP contribution in [0.15, 0.2) is 75.3 Å². The number of azo groups is 1. The molecule has 4 rings (SSSR count). The highest BCUT2D eigenvalue weighted by Crippen LogP contribution is 2.27. The van der Waals surface area contributed by atoms with Crippen molar-refractivity contribution in [2.45, 2.75) is 6.92 Å². The van der Waals surface area contributed by atoms with Gasteiger partial charge in [0.15, 0.2) is 16.2 Å². The summed E-state index contributed by atoms with van der Waals surface area (Å²) in [5.74, 6) is -1.35. The fraction of sp³-hybridized carbons (Fsp3) is 0.0952. The van der Waals surface area contributed by atoms with Gasteiger partial charge in [-0.05, 0) is 43.3 Å². The van der Waals surface area contributed by atoms with Crippen LogP contribution in [-0.2, 0) is 9.53 Å². The molecule has 10 heteroatoms. The fourth-order valence-corrected chi connectivity index (χ4v) is 3.85. The van der Waals surface area contributed by atoms with E-state index >= 15 is 0 Å². The zero-order valence-electron chi connectivity index (χ0n) is 16.2. The number of aromatic nitrogens is 2. The largest absolute Gasteiger partial charge is 0.503 e. The van der Waals surface area contributed by atoms with Crippen LogP contribution in [0.4, 0.5) is 5.69 Å². The number of fused-ring (bicyclic) bond motifs is 3. The Hall–Kier alpha value is -3.56. The van der Waals surface area contributed by atoms with E-state index in [0.717, 1.165) is 11.3 Å². The minimum Gasteiger partial charge on any atom is -0.503 e. The van der Waals surface area contributed by atoms with E-state index in [9.17, 15) is 14.7 Å². The maximum atomic E-state index is 12.4. The summed E-state index contributed by atoms with van der Waals surface area (Å²) in [5.41, 5.74) is 0.450. The van der Waals surface area contributed by atoms with Crippen molar-refractivity contribution in [1.82, 2.24) is 9.61 Å². The van der Waals surface area contributed by atoms with E-state index in [-0.39, 0.29) is 17.0 Å². The van der Waals surface area contributed by atoms with Gasteiger partial charge in [0, 0.05) is 16.5 Å². The van der Waals surface area contributed by atoms with Crippen LogP contribution in [0.1, 0.15) is 11.9 Å². The number of carbonyl (C=O) groups is 1. The Labute approximate surface area is 184 Å². The van der Waals surface area contributed by atoms with Crippen LogP contribution in [0.25, 0.3) is 21.5 Å². The second-order valence-corrected chi connectivity index (χ2v) is 7.72. The van der Waals surface area contributed by atoms with Crippen molar-refractivity contribution in [2.24, 2.45) is 10.2 Å². The van der Waals surface area contributed by atoms with E-state index in [1.165, 1.54) is 10.6 Å². The molecule has 156 valence electrons. The summed E-state index contributed by atoms with van der Waals surface area (Å²) in [6.45, 7) is 1.73. The Kier molecular flexibility index (Phi) is 5.79. The zero-order chi connectivity index (χ0) is 22.0. The van der Waals surface area contributed by atoms with Gasteiger partial charge < -0.3 is 9.84 Å². The molecule has 0 radical (unpaired) electrons. The van der Waals surface area contributed by atoms with E-state index < -0.39 is 17.4 Å². The lowest BCUT2D eigenvalue weighted by molar-refractivity contribution is -0.138. The molecule has 0 bridgehead atoms. The number of nitrogens with zero attached hydrogens (tertiary/aromatic N) is 4. The third kappa shape index (κ3) is 4.18. The van der Waals surface area contributed by atoms with Crippen LogP contribution in [0.2, 0.25) is 5.02 Å². The lowest BCUT2D eigenvalue weighted by atomic mass is 10.2. The van der Waals surface area contributed by atoms with Gasteiger partial charge in [-0.15, -0.1) is 5.11 Å². The molecular formula is C21H15ClN4O4S. The van der Waals surface area contributed by atoms with Crippen molar-refractivity contribution >= 4 is 56.1 Å². The second kappa shape index (κ2) is 8.66. The fourth-order valence-electron chi connectivity index (χ4n) is 2.82. The maximum absolute atomic E-state index is 12.4. The molecule has 0 spiro atoms. The van der Waals surface area contributed by atoms with Crippen molar-refractivity contribution < 1.29 is 14.6 Å². The highest BCUT2D eigenvalue weighted by atomic mass is 35.5. The van der Waals surface area contributed by atoms with Gasteiger partial charge in [-0.2, -0.15) is 10.2 Å². The number of hydrogen-bond acceptors (Lipinski definition) is 8. The normalized spacial score (nSPS) is 12.5. The average molecular weight is 455 g/mol. The van der Waals surface area contributed by atoms with Crippen molar-refractivity contribution in [1.29, 1.82) is 0 Å². The van der Waals surface area contributed by atoms with Gasteiger partial charge in [0.1, 0.15) is 4.83 Å². The molecule has 0 aliphatic rings. The quantitative estimate of drug-likeness (QED) is 0.194. The van der Waals surface area contributed by atoms with Gasteiger partial charge in [0.25, 0.3) is 0 Å². The van der Waals surface area contributed by atoms with Gasteiger partial charge in [-0.25, -0.2) is 9.31 Å². The third-order valence-electron chi connectivity index (χ3n) is 4.24. The Morgan fingerprint density at radius 1 is 1.23 bits per heavy atom. The third-order valence-corrected chi connectivity index (χ3v) is 5.46. The highest BCUT2D eigenvalue weighted by Gasteiger charge is 2.22. The minimum atomic E-state index is -0.851. The molecule has 1 N–H and O–H groups in total. The van der Waals surface area contributed by atoms with Crippen LogP contribution in [-0.4, -0.2) is 27.3 Å². The van der Waals surface area contributed by atoms with Gasteiger partial charge in [-0.3, -0.25) is 4.79 Å². The topological polar surface area (TPSA) is 106 Å². The number of hydrogen-bond donors (Lipinski definition) is 1. The molecule has 4 aromatic rings. The monoisotopic (exact) mass is 454 g/mol. The Morgan fingerprint density at radius 2 is 1.97 bits per heavy atom. The maximum Gasteiger partial charge on any atom is 0.362 e. The van der Waals surface area contributed by atoms with E-state index in [1.807, 2.05) is 0 Å². The number of carbonyl (C=O) groups excluding carboxylic acids is 1. The zero-order valence-corrected chi connectivity index (χ0v) is 17.7. The molecule has 0 saturated carbocycles. The van der Waals surface area contributed by atoms with E-state index in [2.05, 4.69) is 15.3 Å². The molecule has 2 aromatic heterocycles. The number of aliphatic hydroxyl groups is 1. The number of para-hydroxylation sites is 1. The Morgan fingerprint density at radius 3 is 2.71 bits per heavy atom. The number of rotatable bonds is 5. The standard InChI is InChI=1S/C21H15ClN4O4S/c1-2-30-21(29)18(24-23-13-9-7-12(22)8-10-13)19(28)20-25-26-15-6-4-3-5-14(15)16(27)11-17(26)31-20/h3-11,28H,2H2,1H3. The number of benzene rings is 2. The molecule has 2 heterocycles. The van der Waals surface area contributed by atoms with E-state index in [0.29, 0.717) is 26.4 Å². The summed E-state index contributed by atoms with van der Waals surface area (Å²) in [5, 5.41) is 24.2. The first-order valence-corrected chi connectivity index (χ1v) is 10.4. The van der Waals surface area contributed by atoms with Crippen LogP contribution in [0.5, 0.6) is 0 Å². The molecular weight excluding hydrogens is 440 g/mol. The summed E-state index contributed by atoms with van der Waals surface area (Å²) in [6, 6.07) is 14.9. The van der Waals surface area contributed by atoms with Crippen LogP contribution < -0.4 is 5.43 Å². The molecule has 0 atom stereocenters. The molecule has 0 aliphatic heterocycles. The summed E-state index contributed by atoms with van der Waals surface area (Å²) in [4.78, 5) is 25.3. The van der Waals surface area contributed by atoms with Crippen LogP contribution in [0.3, 0.4) is 0 Å². The Balaban J connectivity index is 1.84. The lowest BCUT2D eigenvalue weighted by Gasteiger charge is -2.03. The summed E-state index contributed by atoms with van der Waals surface area (Å²) in [6.07, 6.45) is 0. The molecule has 0 amide bonds. The number of halogens is 1. The number of aliphatic hydroxyl groups excluding tert-OH is 1. The molecule has 8 nitrogen and oxygen atoms in total. The smallest absolute Gasteiger partial charge is 0.362 e. The van der Waals surface area contributed by atoms with E-state index in [4.69, 9.17) is 16.3 Å². The number of ether oxygens (including phenoxy) is 1. The summed E-state index contributed by atoms with van der Waals surface area (Å²) in [7, 11) is 0. The predicted molar refractivity (Wildman–Crippen MR) is 119 cm³/mol. The summed E-state index contributed by atoms with van der Waals surface area (Å²) >= 11 is 6.90. The van der Waals surface area contributed by atoms with Crippen LogP contribution >= 0.6 is 22.9 Å². The first kappa shape index (κ1) is 20.7. The van der Waals surface area contributed by atoms with Gasteiger partial charge in [0.05, 0.1) is 17.8 Å². The van der Waals surface area contributed by atoms with Crippen molar-refractivity contribution in [3.8, 4) is 0 Å². The first-order valence-electron chi connectivity index (χ1n) is 9.17. The predicted octanol–water partition coefficient (Wildman–Crippen LogP) is 5.14. The van der Waals surface area contributed by atoms with Crippen molar-refractivity contribution in [2.75, 3.05) is 6.61 Å². The molecule has 0 aliphatic carbocycles. The second-order valence-electron chi connectivity index (χ2n) is 6.28. The molecule has 2 aromatic carbocycles. The first-order chi connectivity index (χ1) is 15.0. The van der Waals surface area contributed by atoms with Gasteiger partial charge in [-0.1, -0.05) is 35.1 Å². The molecule has 31 heavy (non-hydrogen) atoms. The lowest BCUT2D eigenvalue weighted by Crippen LogP contribution is -2.08. The molecule has 0 saturated heterocycles. The average Bonchev–Trinajstić information content (AvgIpc) is 3.20. The van der Waals surface area contributed by atoms with E-state index in [1.54, 1.807) is 55.5 Å².